The van der Waals surface area contributed by atoms with Gasteiger partial charge in [0.1, 0.15) is 0 Å². The van der Waals surface area contributed by atoms with Gasteiger partial charge < -0.3 is 5.32 Å². The third kappa shape index (κ3) is 2.82. The molecule has 0 unspecified atom stereocenters. The van der Waals surface area contributed by atoms with E-state index in [0.29, 0.717) is 23.7 Å². The third-order valence-corrected chi connectivity index (χ3v) is 4.72. The normalized spacial score (nSPS) is 11.3. The zero-order valence-electron chi connectivity index (χ0n) is 12.6. The highest BCUT2D eigenvalue weighted by Gasteiger charge is 2.12. The number of tetrazole rings is 1. The second kappa shape index (κ2) is 5.80. The van der Waals surface area contributed by atoms with E-state index in [0.717, 1.165) is 15.6 Å². The number of hydrogen-bond acceptors (Lipinski definition) is 6. The lowest BCUT2D eigenvalue weighted by molar-refractivity contribution is 0.0950. The molecule has 3 heterocycles. The average Bonchev–Trinajstić information content (AvgIpc) is 3.10. The second-order valence-corrected chi connectivity index (χ2v) is 6.41. The lowest BCUT2D eigenvalue weighted by atomic mass is 10.2. The molecule has 0 saturated heterocycles. The standard InChI is InChI=1S/C14H16N6OS/c1-8(2)14-16-9(3)11(22-14)6-15-13(21)10-4-5-12-17-18-19-20(12)7-10/h4-5,7-8H,6H2,1-3H3,(H,15,21). The van der Waals surface area contributed by atoms with Crippen molar-refractivity contribution >= 4 is 22.9 Å². The number of rotatable bonds is 4. The second-order valence-electron chi connectivity index (χ2n) is 5.30. The molecule has 3 rings (SSSR count). The Bertz CT molecular complexity index is 822. The van der Waals surface area contributed by atoms with Gasteiger partial charge in [0.2, 0.25) is 0 Å². The summed E-state index contributed by atoms with van der Waals surface area (Å²) in [5.41, 5.74) is 2.10. The molecule has 1 amide bonds. The quantitative estimate of drug-likeness (QED) is 0.795. The Morgan fingerprint density at radius 2 is 2.23 bits per heavy atom. The monoisotopic (exact) mass is 316 g/mol. The number of amides is 1. The van der Waals surface area contributed by atoms with Crippen LogP contribution in [0.4, 0.5) is 0 Å². The van der Waals surface area contributed by atoms with Crippen LogP contribution < -0.4 is 5.32 Å². The van der Waals surface area contributed by atoms with Crippen molar-refractivity contribution in [1.82, 2.24) is 30.3 Å². The van der Waals surface area contributed by atoms with Crippen molar-refractivity contribution in [3.05, 3.63) is 39.5 Å². The maximum atomic E-state index is 12.2. The first kappa shape index (κ1) is 14.6. The summed E-state index contributed by atoms with van der Waals surface area (Å²) in [6.45, 7) is 6.67. The number of nitrogens with zero attached hydrogens (tertiary/aromatic N) is 5. The summed E-state index contributed by atoms with van der Waals surface area (Å²) >= 11 is 1.65. The molecule has 0 saturated carbocycles. The number of aryl methyl sites for hydroxylation is 1. The van der Waals surface area contributed by atoms with Gasteiger partial charge in [0.15, 0.2) is 5.65 Å². The van der Waals surface area contributed by atoms with E-state index in [1.807, 2.05) is 6.92 Å². The smallest absolute Gasteiger partial charge is 0.253 e. The molecule has 7 nitrogen and oxygen atoms in total. The predicted octanol–water partition coefficient (Wildman–Crippen LogP) is 1.94. The fourth-order valence-electron chi connectivity index (χ4n) is 2.00. The molecule has 0 aliphatic carbocycles. The Balaban J connectivity index is 1.71. The number of aromatic nitrogens is 5. The maximum Gasteiger partial charge on any atom is 0.253 e. The van der Waals surface area contributed by atoms with Crippen molar-refractivity contribution < 1.29 is 4.79 Å². The molecule has 0 aromatic carbocycles. The van der Waals surface area contributed by atoms with E-state index in [1.165, 1.54) is 4.52 Å². The van der Waals surface area contributed by atoms with Crippen molar-refractivity contribution in [2.24, 2.45) is 0 Å². The van der Waals surface area contributed by atoms with E-state index < -0.39 is 0 Å². The molecular formula is C14H16N6OS. The van der Waals surface area contributed by atoms with Crippen molar-refractivity contribution in [2.75, 3.05) is 0 Å². The summed E-state index contributed by atoms with van der Waals surface area (Å²) in [6.07, 6.45) is 1.61. The van der Waals surface area contributed by atoms with E-state index in [-0.39, 0.29) is 5.91 Å². The number of thiazole rings is 1. The molecule has 3 aromatic heterocycles. The Morgan fingerprint density at radius 1 is 1.41 bits per heavy atom. The highest BCUT2D eigenvalue weighted by Crippen LogP contribution is 2.24. The van der Waals surface area contributed by atoms with Crippen LogP contribution >= 0.6 is 11.3 Å². The Labute approximate surface area is 131 Å². The number of fused-ring (bicyclic) bond motifs is 1. The van der Waals surface area contributed by atoms with Crippen molar-refractivity contribution in [2.45, 2.75) is 33.2 Å². The SMILES string of the molecule is Cc1nc(C(C)C)sc1CNC(=O)c1ccc2nnnn2c1. The van der Waals surface area contributed by atoms with Gasteiger partial charge in [0, 0.05) is 17.0 Å². The molecule has 0 fully saturated rings. The molecule has 0 aliphatic rings. The van der Waals surface area contributed by atoms with Crippen LogP contribution in [0.5, 0.6) is 0 Å². The minimum absolute atomic E-state index is 0.156. The van der Waals surface area contributed by atoms with Crippen LogP contribution in [-0.4, -0.2) is 30.9 Å². The highest BCUT2D eigenvalue weighted by atomic mass is 32.1. The molecule has 22 heavy (non-hydrogen) atoms. The van der Waals surface area contributed by atoms with Crippen LogP contribution in [-0.2, 0) is 6.54 Å². The summed E-state index contributed by atoms with van der Waals surface area (Å²) < 4.78 is 1.48. The summed E-state index contributed by atoms with van der Waals surface area (Å²) in [7, 11) is 0. The summed E-state index contributed by atoms with van der Waals surface area (Å²) in [5, 5.41) is 15.2. The molecule has 8 heteroatoms. The van der Waals surface area contributed by atoms with Crippen LogP contribution in [0.15, 0.2) is 18.3 Å². The Kier molecular flexibility index (Phi) is 3.84. The van der Waals surface area contributed by atoms with E-state index in [2.05, 4.69) is 39.7 Å². The lowest BCUT2D eigenvalue weighted by Crippen LogP contribution is -2.23. The first-order valence-corrected chi connectivity index (χ1v) is 7.78. The highest BCUT2D eigenvalue weighted by molar-refractivity contribution is 7.11. The fourth-order valence-corrected chi connectivity index (χ4v) is 3.01. The van der Waals surface area contributed by atoms with Gasteiger partial charge in [-0.25, -0.2) is 4.98 Å². The zero-order valence-corrected chi connectivity index (χ0v) is 13.4. The summed E-state index contributed by atoms with van der Waals surface area (Å²) in [5.74, 6) is 0.242. The number of pyridine rings is 1. The number of hydrogen-bond donors (Lipinski definition) is 1. The molecule has 0 aliphatic heterocycles. The minimum atomic E-state index is -0.156. The van der Waals surface area contributed by atoms with Gasteiger partial charge in [-0.1, -0.05) is 13.8 Å². The van der Waals surface area contributed by atoms with Crippen LogP contribution in [0, 0.1) is 6.92 Å². The zero-order chi connectivity index (χ0) is 15.7. The van der Waals surface area contributed by atoms with Crippen molar-refractivity contribution in [3.8, 4) is 0 Å². The summed E-state index contributed by atoms with van der Waals surface area (Å²) in [4.78, 5) is 17.8. The summed E-state index contributed by atoms with van der Waals surface area (Å²) in [6, 6.07) is 3.42. The van der Waals surface area contributed by atoms with Gasteiger partial charge in [0.05, 0.1) is 22.8 Å². The lowest BCUT2D eigenvalue weighted by Gasteiger charge is -2.04. The van der Waals surface area contributed by atoms with Gasteiger partial charge >= 0.3 is 0 Å². The van der Waals surface area contributed by atoms with Crippen LogP contribution in [0.25, 0.3) is 5.65 Å². The molecule has 1 N–H and O–H groups in total. The van der Waals surface area contributed by atoms with E-state index in [4.69, 9.17) is 0 Å². The van der Waals surface area contributed by atoms with Gasteiger partial charge in [-0.2, -0.15) is 4.52 Å². The molecule has 0 spiro atoms. The Hall–Kier alpha value is -2.35. The van der Waals surface area contributed by atoms with Gasteiger partial charge in [-0.05, 0) is 29.5 Å². The molecule has 3 aromatic rings. The first-order chi connectivity index (χ1) is 10.5. The van der Waals surface area contributed by atoms with Crippen molar-refractivity contribution in [1.29, 1.82) is 0 Å². The molecular weight excluding hydrogens is 300 g/mol. The maximum absolute atomic E-state index is 12.2. The van der Waals surface area contributed by atoms with Gasteiger partial charge in [-0.15, -0.1) is 16.4 Å². The molecule has 0 atom stereocenters. The van der Waals surface area contributed by atoms with Crippen LogP contribution in [0.2, 0.25) is 0 Å². The van der Waals surface area contributed by atoms with Crippen molar-refractivity contribution in [3.63, 3.8) is 0 Å². The first-order valence-electron chi connectivity index (χ1n) is 6.96. The fraction of sp³-hybridized carbons (Fsp3) is 0.357. The predicted molar refractivity (Wildman–Crippen MR) is 82.9 cm³/mol. The molecule has 114 valence electrons. The average molecular weight is 316 g/mol. The van der Waals surface area contributed by atoms with E-state index in [9.17, 15) is 4.79 Å². The van der Waals surface area contributed by atoms with E-state index in [1.54, 1.807) is 29.7 Å². The van der Waals surface area contributed by atoms with Crippen LogP contribution in [0.3, 0.4) is 0 Å². The van der Waals surface area contributed by atoms with Gasteiger partial charge in [-0.3, -0.25) is 4.79 Å². The number of nitrogens with one attached hydrogen (secondary N) is 1. The van der Waals surface area contributed by atoms with Gasteiger partial charge in [0.25, 0.3) is 5.91 Å². The van der Waals surface area contributed by atoms with E-state index >= 15 is 0 Å². The molecule has 0 bridgehead atoms. The topological polar surface area (TPSA) is 85.1 Å². The minimum Gasteiger partial charge on any atom is -0.347 e. The van der Waals surface area contributed by atoms with Crippen LogP contribution in [0.1, 0.15) is 45.7 Å². The Morgan fingerprint density at radius 3 is 2.95 bits per heavy atom. The number of carbonyl (C=O) groups excluding carboxylic acids is 1. The number of carbonyl (C=O) groups is 1. The molecule has 0 radical (unpaired) electrons. The third-order valence-electron chi connectivity index (χ3n) is 3.27. The largest absolute Gasteiger partial charge is 0.347 e.